The van der Waals surface area contributed by atoms with Crippen molar-refractivity contribution in [3.8, 4) is 23.6 Å². The van der Waals surface area contributed by atoms with Gasteiger partial charge in [0.2, 0.25) is 0 Å². The minimum absolute atomic E-state index is 0.000485. The number of alkyl halides is 3. The second-order valence-electron chi connectivity index (χ2n) is 7.57. The molecule has 0 saturated carbocycles. The van der Waals surface area contributed by atoms with Crippen molar-refractivity contribution >= 4 is 55.3 Å². The van der Waals surface area contributed by atoms with Gasteiger partial charge in [0.25, 0.3) is 11.4 Å². The van der Waals surface area contributed by atoms with Crippen LogP contribution in [0.5, 0.6) is 11.5 Å². The molecule has 0 fully saturated rings. The Labute approximate surface area is 204 Å². The van der Waals surface area contributed by atoms with Crippen molar-refractivity contribution in [3.63, 3.8) is 0 Å². The molecule has 0 N–H and O–H groups in total. The lowest BCUT2D eigenvalue weighted by molar-refractivity contribution is -0.274. The first-order valence-corrected chi connectivity index (χ1v) is 10.2. The number of nitriles is 2. The summed E-state index contributed by atoms with van der Waals surface area (Å²) in [6.45, 7) is 15.1. The van der Waals surface area contributed by atoms with Gasteiger partial charge >= 0.3 is 6.36 Å². The van der Waals surface area contributed by atoms with E-state index in [0.29, 0.717) is 16.7 Å². The van der Waals surface area contributed by atoms with Crippen LogP contribution >= 0.6 is 0 Å². The number of halogens is 3. The third-order valence-corrected chi connectivity index (χ3v) is 5.66. The molecule has 0 saturated heterocycles. The van der Waals surface area contributed by atoms with E-state index in [1.807, 2.05) is 6.07 Å². The van der Waals surface area contributed by atoms with E-state index in [1.54, 1.807) is 24.3 Å². The zero-order chi connectivity index (χ0) is 26.5. The number of methoxy groups -OCH3 is 1. The number of ether oxygens (including phenoxy) is 2. The summed E-state index contributed by atoms with van der Waals surface area (Å²) in [6, 6.07) is 11.8. The molecule has 5 rings (SSSR count). The van der Waals surface area contributed by atoms with Gasteiger partial charge in [0.15, 0.2) is 0 Å². The molecule has 0 radical (unpaired) electrons. The third-order valence-electron chi connectivity index (χ3n) is 5.66. The molecule has 178 valence electrons. The van der Waals surface area contributed by atoms with Crippen LogP contribution in [0, 0.1) is 35.8 Å². The minimum atomic E-state index is -4.95. The van der Waals surface area contributed by atoms with Gasteiger partial charge in [0.1, 0.15) is 33.8 Å². The van der Waals surface area contributed by atoms with Crippen molar-refractivity contribution in [1.82, 2.24) is 0 Å². The van der Waals surface area contributed by atoms with Gasteiger partial charge in [-0.1, -0.05) is 0 Å². The lowest BCUT2D eigenvalue weighted by Gasteiger charge is -2.07. The maximum atomic E-state index is 12.8. The average Bonchev–Trinajstić information content (AvgIpc) is 3.42. The number of furan rings is 2. The summed E-state index contributed by atoms with van der Waals surface area (Å²) in [7, 11) is 1.46. The number of benzene rings is 3. The molecule has 0 aliphatic heterocycles. The highest BCUT2D eigenvalue weighted by atomic mass is 19.4. The van der Waals surface area contributed by atoms with E-state index in [1.165, 1.54) is 13.2 Å². The quantitative estimate of drug-likeness (QED) is 0.298. The zero-order valence-corrected chi connectivity index (χ0v) is 18.5. The summed E-state index contributed by atoms with van der Waals surface area (Å²) < 4.78 is 59.5. The number of hydrogen-bond donors (Lipinski definition) is 0. The van der Waals surface area contributed by atoms with Crippen LogP contribution in [0.2, 0.25) is 0 Å². The van der Waals surface area contributed by atoms with Crippen LogP contribution < -0.4 is 19.9 Å². The second kappa shape index (κ2) is 8.23. The number of nitrogens with zero attached hydrogens (tertiary/aromatic N) is 4. The fourth-order valence-corrected chi connectivity index (χ4v) is 4.28. The molecule has 2 aromatic heterocycles. The Kier molecular flexibility index (Phi) is 5.14. The predicted molar refractivity (Wildman–Crippen MR) is 125 cm³/mol. The molecule has 0 amide bonds. The van der Waals surface area contributed by atoms with Crippen LogP contribution in [0.25, 0.3) is 65.0 Å². The number of rotatable bonds is 2. The molecular formula is C26H9F3N4O4. The van der Waals surface area contributed by atoms with E-state index in [9.17, 15) is 23.7 Å². The molecule has 0 bridgehead atoms. The first-order valence-electron chi connectivity index (χ1n) is 10.2. The lowest BCUT2D eigenvalue weighted by atomic mass is 10.0. The van der Waals surface area contributed by atoms with Crippen LogP contribution in [0.4, 0.5) is 13.2 Å². The van der Waals surface area contributed by atoms with Crippen LogP contribution in [0.3, 0.4) is 0 Å². The number of fused-ring (bicyclic) bond motifs is 6. The Balaban J connectivity index is 2.16. The molecule has 37 heavy (non-hydrogen) atoms. The lowest BCUT2D eigenvalue weighted by Crippen LogP contribution is -2.17. The largest absolute Gasteiger partial charge is 0.573 e. The van der Waals surface area contributed by atoms with Crippen molar-refractivity contribution in [3.05, 3.63) is 69.7 Å². The summed E-state index contributed by atoms with van der Waals surface area (Å²) in [5, 5.41) is 20.7. The van der Waals surface area contributed by atoms with Gasteiger partial charge in [0, 0.05) is 38.9 Å². The van der Waals surface area contributed by atoms with E-state index < -0.39 is 17.8 Å². The monoisotopic (exact) mass is 498 g/mol. The summed E-state index contributed by atoms with van der Waals surface area (Å²) in [6.07, 6.45) is -4.95. The molecule has 11 heteroatoms. The first kappa shape index (κ1) is 23.1. The van der Waals surface area contributed by atoms with E-state index in [2.05, 4.69) is 14.4 Å². The van der Waals surface area contributed by atoms with Gasteiger partial charge in [-0.05, 0) is 24.3 Å². The first-order chi connectivity index (χ1) is 17.7. The maximum absolute atomic E-state index is 12.8. The van der Waals surface area contributed by atoms with Gasteiger partial charge in [-0.3, -0.25) is 0 Å². The molecule has 5 aromatic rings. The highest BCUT2D eigenvalue weighted by Gasteiger charge is 2.31. The molecule has 8 nitrogen and oxygen atoms in total. The van der Waals surface area contributed by atoms with Crippen LogP contribution in [0.1, 0.15) is 0 Å². The standard InChI is InChI=1S/C26H9F3N4O4/c1-32-16(10-30)22-20-14-6-4-12(34-3)8-18(14)35-24(20)23(17(11-31)33-2)25-21(22)15-7-5-13(9-19(15)36-25)37-26(27,28)29/h4-9H,3H3/b22-16+,23-17+. The normalized spacial score (nSPS) is 13.1. The predicted octanol–water partition coefficient (Wildman–Crippen LogP) is 5.49. The summed E-state index contributed by atoms with van der Waals surface area (Å²) in [4.78, 5) is 6.64. The van der Waals surface area contributed by atoms with Crippen LogP contribution in [0.15, 0.2) is 45.2 Å². The SMILES string of the molecule is [C-]#[N+]/C(C#N)=c1\c2oc3cc(OC)ccc3c2/c(=C(/C#N)[N+]#[C-])c2c1oc1cc(OC(F)(F)F)ccc12. The van der Waals surface area contributed by atoms with Crippen molar-refractivity contribution in [2.24, 2.45) is 0 Å². The molecule has 0 aliphatic carbocycles. The van der Waals surface area contributed by atoms with Crippen molar-refractivity contribution in [2.45, 2.75) is 6.36 Å². The fourth-order valence-electron chi connectivity index (χ4n) is 4.28. The average molecular weight is 498 g/mol. The molecule has 2 heterocycles. The summed E-state index contributed by atoms with van der Waals surface area (Å²) >= 11 is 0. The van der Waals surface area contributed by atoms with Gasteiger partial charge in [-0.25, -0.2) is 20.2 Å². The summed E-state index contributed by atoms with van der Waals surface area (Å²) in [5.41, 5.74) is -0.654. The molecule has 0 unspecified atom stereocenters. The molecule has 0 spiro atoms. The smallest absolute Gasteiger partial charge is 0.497 e. The molecule has 3 aromatic carbocycles. The van der Waals surface area contributed by atoms with Gasteiger partial charge in [-0.2, -0.15) is 0 Å². The number of hydrogen-bond acceptors (Lipinski definition) is 6. The Morgan fingerprint density at radius 1 is 0.838 bits per heavy atom. The van der Waals surface area contributed by atoms with E-state index in [4.69, 9.17) is 26.7 Å². The Hall–Kier alpha value is -5.65. The Morgan fingerprint density at radius 2 is 1.32 bits per heavy atom. The topological polar surface area (TPSA) is 101 Å². The molecular weight excluding hydrogens is 489 g/mol. The Bertz CT molecular complexity index is 2060. The van der Waals surface area contributed by atoms with Crippen molar-refractivity contribution < 1.29 is 31.5 Å². The highest BCUT2D eigenvalue weighted by Crippen LogP contribution is 2.35. The van der Waals surface area contributed by atoms with Crippen molar-refractivity contribution in [1.29, 1.82) is 10.5 Å². The third kappa shape index (κ3) is 3.51. The minimum Gasteiger partial charge on any atom is -0.497 e. The Morgan fingerprint density at radius 3 is 1.78 bits per heavy atom. The van der Waals surface area contributed by atoms with E-state index >= 15 is 0 Å². The highest BCUT2D eigenvalue weighted by molar-refractivity contribution is 6.18. The van der Waals surface area contributed by atoms with Crippen molar-refractivity contribution in [2.75, 3.05) is 7.11 Å². The van der Waals surface area contributed by atoms with Crippen LogP contribution in [-0.4, -0.2) is 13.5 Å². The van der Waals surface area contributed by atoms with Crippen LogP contribution in [-0.2, 0) is 0 Å². The van der Waals surface area contributed by atoms with E-state index in [0.717, 1.165) is 12.1 Å². The fraction of sp³-hybridized carbons (Fsp3) is 0.0769. The maximum Gasteiger partial charge on any atom is 0.573 e. The van der Waals surface area contributed by atoms with Gasteiger partial charge in [-0.15, -0.1) is 13.2 Å². The van der Waals surface area contributed by atoms with E-state index in [-0.39, 0.29) is 49.0 Å². The van der Waals surface area contributed by atoms with Gasteiger partial charge < -0.3 is 18.3 Å². The second-order valence-corrected chi connectivity index (χ2v) is 7.57. The molecule has 0 aliphatic rings. The molecule has 0 atom stereocenters. The van der Waals surface area contributed by atoms with Gasteiger partial charge in [0.05, 0.1) is 37.6 Å². The summed E-state index contributed by atoms with van der Waals surface area (Å²) in [5.74, 6) is -0.113. The zero-order valence-electron chi connectivity index (χ0n) is 18.5.